The second kappa shape index (κ2) is 5.61. The summed E-state index contributed by atoms with van der Waals surface area (Å²) in [5.41, 5.74) is 4.22. The lowest BCUT2D eigenvalue weighted by atomic mass is 10.1. The molecule has 1 amide bonds. The number of fused-ring (bicyclic) bond motifs is 1. The van der Waals surface area contributed by atoms with Crippen molar-refractivity contribution >= 4 is 23.0 Å². The van der Waals surface area contributed by atoms with Crippen molar-refractivity contribution in [2.24, 2.45) is 5.10 Å². The van der Waals surface area contributed by atoms with E-state index >= 15 is 0 Å². The Morgan fingerprint density at radius 3 is 2.82 bits per heavy atom. The summed E-state index contributed by atoms with van der Waals surface area (Å²) in [4.78, 5) is 15.2. The number of para-hydroxylation sites is 1. The Hall–Kier alpha value is -3.28. The lowest BCUT2D eigenvalue weighted by Crippen LogP contribution is -2.17. The topological polar surface area (TPSA) is 97.7 Å². The molecule has 1 aromatic heterocycles. The van der Waals surface area contributed by atoms with Crippen molar-refractivity contribution in [2.75, 3.05) is 0 Å². The van der Waals surface area contributed by atoms with Crippen LogP contribution in [0.4, 0.5) is 0 Å². The van der Waals surface area contributed by atoms with Crippen LogP contribution in [0.25, 0.3) is 10.9 Å². The van der Waals surface area contributed by atoms with E-state index < -0.39 is 0 Å². The van der Waals surface area contributed by atoms with Crippen molar-refractivity contribution in [1.29, 1.82) is 0 Å². The number of phenolic OH excluding ortho intramolecular Hbond substituents is 2. The Kier molecular flexibility index (Phi) is 3.49. The molecule has 0 radical (unpaired) electrons. The molecule has 3 aromatic rings. The average molecular weight is 295 g/mol. The molecule has 3 rings (SSSR count). The number of nitrogens with zero attached hydrogens (tertiary/aromatic N) is 1. The smallest absolute Gasteiger partial charge is 0.273 e. The maximum absolute atomic E-state index is 12.1. The van der Waals surface area contributed by atoms with E-state index in [1.807, 2.05) is 12.1 Å². The Balaban J connectivity index is 1.76. The van der Waals surface area contributed by atoms with Gasteiger partial charge < -0.3 is 15.2 Å². The molecule has 0 bridgehead atoms. The first kappa shape index (κ1) is 13.7. The van der Waals surface area contributed by atoms with Gasteiger partial charge in [0.15, 0.2) is 11.5 Å². The zero-order valence-corrected chi connectivity index (χ0v) is 11.4. The number of aromatic hydroxyl groups is 2. The van der Waals surface area contributed by atoms with Crippen molar-refractivity contribution in [3.8, 4) is 11.5 Å². The second-order valence-corrected chi connectivity index (χ2v) is 4.69. The molecule has 22 heavy (non-hydrogen) atoms. The lowest BCUT2D eigenvalue weighted by molar-refractivity contribution is 0.0956. The van der Waals surface area contributed by atoms with Gasteiger partial charge in [-0.25, -0.2) is 5.43 Å². The molecule has 1 heterocycles. The first-order valence-electron chi connectivity index (χ1n) is 6.56. The first-order chi connectivity index (χ1) is 10.6. The number of H-pyrrole nitrogens is 1. The van der Waals surface area contributed by atoms with Crippen LogP contribution in [0.1, 0.15) is 15.9 Å². The SMILES string of the molecule is O=C(N/N=C\c1ccc(O)c(O)c1)c1cccc2cc[nH]c12. The summed E-state index contributed by atoms with van der Waals surface area (Å²) in [6, 6.07) is 11.5. The van der Waals surface area contributed by atoms with Crippen LogP contribution >= 0.6 is 0 Å². The molecular formula is C16H13N3O3. The van der Waals surface area contributed by atoms with Gasteiger partial charge in [-0.2, -0.15) is 5.10 Å². The number of phenols is 2. The van der Waals surface area contributed by atoms with Gasteiger partial charge in [-0.05, 0) is 35.9 Å². The Labute approximate surface area is 125 Å². The zero-order valence-electron chi connectivity index (χ0n) is 11.4. The van der Waals surface area contributed by atoms with Gasteiger partial charge in [-0.15, -0.1) is 0 Å². The minimum Gasteiger partial charge on any atom is -0.504 e. The minimum atomic E-state index is -0.340. The quantitative estimate of drug-likeness (QED) is 0.339. The van der Waals surface area contributed by atoms with Gasteiger partial charge in [0.2, 0.25) is 0 Å². The monoisotopic (exact) mass is 295 g/mol. The molecular weight excluding hydrogens is 282 g/mol. The predicted molar refractivity (Wildman–Crippen MR) is 83.1 cm³/mol. The molecule has 110 valence electrons. The number of hydrogen-bond donors (Lipinski definition) is 4. The third kappa shape index (κ3) is 2.62. The highest BCUT2D eigenvalue weighted by atomic mass is 16.3. The van der Waals surface area contributed by atoms with Crippen molar-refractivity contribution in [2.45, 2.75) is 0 Å². The fourth-order valence-corrected chi connectivity index (χ4v) is 2.12. The van der Waals surface area contributed by atoms with E-state index in [1.165, 1.54) is 18.3 Å². The third-order valence-electron chi connectivity index (χ3n) is 3.21. The second-order valence-electron chi connectivity index (χ2n) is 4.69. The highest BCUT2D eigenvalue weighted by Crippen LogP contribution is 2.24. The van der Waals surface area contributed by atoms with Crippen molar-refractivity contribution in [3.63, 3.8) is 0 Å². The number of carbonyl (C=O) groups is 1. The molecule has 2 aromatic carbocycles. The predicted octanol–water partition coefficient (Wildman–Crippen LogP) is 2.34. The number of amides is 1. The number of aromatic nitrogens is 1. The fraction of sp³-hybridized carbons (Fsp3) is 0. The summed E-state index contributed by atoms with van der Waals surface area (Å²) in [6.45, 7) is 0. The van der Waals surface area contributed by atoms with Crippen LogP contribution in [0.5, 0.6) is 11.5 Å². The molecule has 0 aliphatic heterocycles. The van der Waals surface area contributed by atoms with Gasteiger partial charge in [-0.3, -0.25) is 4.79 Å². The highest BCUT2D eigenvalue weighted by molar-refractivity contribution is 6.05. The number of aromatic amines is 1. The maximum atomic E-state index is 12.1. The molecule has 4 N–H and O–H groups in total. The van der Waals surface area contributed by atoms with E-state index in [2.05, 4.69) is 15.5 Å². The number of hydrogen-bond acceptors (Lipinski definition) is 4. The zero-order chi connectivity index (χ0) is 15.5. The number of carbonyl (C=O) groups excluding carboxylic acids is 1. The normalized spacial score (nSPS) is 11.1. The standard InChI is InChI=1S/C16H13N3O3/c20-13-5-4-10(8-14(13)21)9-18-19-16(22)12-3-1-2-11-6-7-17-15(11)12/h1-9,17,20-21H,(H,19,22)/b18-9-. The molecule has 0 saturated heterocycles. The molecule has 0 saturated carbocycles. The largest absolute Gasteiger partial charge is 0.504 e. The fourth-order valence-electron chi connectivity index (χ4n) is 2.12. The Morgan fingerprint density at radius 1 is 1.14 bits per heavy atom. The van der Waals surface area contributed by atoms with Gasteiger partial charge >= 0.3 is 0 Å². The van der Waals surface area contributed by atoms with E-state index in [1.54, 1.807) is 24.4 Å². The van der Waals surface area contributed by atoms with Gasteiger partial charge in [0.05, 0.1) is 17.3 Å². The molecule has 0 spiro atoms. The summed E-state index contributed by atoms with van der Waals surface area (Å²) in [7, 11) is 0. The van der Waals surface area contributed by atoms with Gasteiger partial charge in [0.25, 0.3) is 5.91 Å². The van der Waals surface area contributed by atoms with Gasteiger partial charge in [-0.1, -0.05) is 12.1 Å². The summed E-state index contributed by atoms with van der Waals surface area (Å²) >= 11 is 0. The van der Waals surface area contributed by atoms with Crippen LogP contribution in [-0.2, 0) is 0 Å². The van der Waals surface area contributed by atoms with Crippen LogP contribution in [0.3, 0.4) is 0 Å². The first-order valence-corrected chi connectivity index (χ1v) is 6.56. The van der Waals surface area contributed by atoms with E-state index in [4.69, 9.17) is 0 Å². The molecule has 0 aliphatic rings. The summed E-state index contributed by atoms with van der Waals surface area (Å²) < 4.78 is 0. The highest BCUT2D eigenvalue weighted by Gasteiger charge is 2.09. The molecule has 6 heteroatoms. The lowest BCUT2D eigenvalue weighted by Gasteiger charge is -2.02. The molecule has 0 unspecified atom stereocenters. The summed E-state index contributed by atoms with van der Waals surface area (Å²) in [6.07, 6.45) is 3.15. The van der Waals surface area contributed by atoms with E-state index in [-0.39, 0.29) is 17.4 Å². The molecule has 0 atom stereocenters. The minimum absolute atomic E-state index is 0.209. The molecule has 0 fully saturated rings. The van der Waals surface area contributed by atoms with Crippen LogP contribution in [-0.4, -0.2) is 27.3 Å². The van der Waals surface area contributed by atoms with Gasteiger partial charge in [0.1, 0.15) is 0 Å². The summed E-state index contributed by atoms with van der Waals surface area (Å²) in [5, 5.41) is 23.4. The van der Waals surface area contributed by atoms with Crippen molar-refractivity contribution in [1.82, 2.24) is 10.4 Å². The van der Waals surface area contributed by atoms with E-state index in [0.29, 0.717) is 11.1 Å². The number of rotatable bonds is 3. The Bertz CT molecular complexity index is 868. The van der Waals surface area contributed by atoms with Crippen LogP contribution in [0.15, 0.2) is 53.8 Å². The van der Waals surface area contributed by atoms with Crippen LogP contribution < -0.4 is 5.43 Å². The Morgan fingerprint density at radius 2 is 2.00 bits per heavy atom. The van der Waals surface area contributed by atoms with Crippen LogP contribution in [0.2, 0.25) is 0 Å². The van der Waals surface area contributed by atoms with Crippen molar-refractivity contribution < 1.29 is 15.0 Å². The van der Waals surface area contributed by atoms with E-state index in [0.717, 1.165) is 10.9 Å². The average Bonchev–Trinajstić information content (AvgIpc) is 2.99. The summed E-state index contributed by atoms with van der Waals surface area (Å²) in [5.74, 6) is -0.793. The third-order valence-corrected chi connectivity index (χ3v) is 3.21. The van der Waals surface area contributed by atoms with E-state index in [9.17, 15) is 15.0 Å². The number of hydrazone groups is 1. The van der Waals surface area contributed by atoms with Crippen molar-refractivity contribution in [3.05, 3.63) is 59.8 Å². The number of benzene rings is 2. The molecule has 6 nitrogen and oxygen atoms in total. The molecule has 0 aliphatic carbocycles. The van der Waals surface area contributed by atoms with Gasteiger partial charge in [0, 0.05) is 11.6 Å². The maximum Gasteiger partial charge on any atom is 0.273 e. The van der Waals surface area contributed by atoms with Crippen LogP contribution in [0, 0.1) is 0 Å². The number of nitrogens with one attached hydrogen (secondary N) is 2.